The molecule has 0 aliphatic carbocycles. The van der Waals surface area contributed by atoms with Crippen molar-refractivity contribution in [1.82, 2.24) is 4.90 Å². The highest BCUT2D eigenvalue weighted by Crippen LogP contribution is 2.26. The molecule has 1 heterocycles. The topological polar surface area (TPSA) is 57.6 Å². The van der Waals surface area contributed by atoms with Crippen molar-refractivity contribution in [3.63, 3.8) is 0 Å². The van der Waals surface area contributed by atoms with Crippen LogP contribution in [0.1, 0.15) is 11.1 Å². The molecule has 1 amide bonds. The van der Waals surface area contributed by atoms with Gasteiger partial charge in [-0.1, -0.05) is 24.3 Å². The SMILES string of the molecule is O=C(O)C1Cc2ccccc2CN1C(=O)CSCC(F)(F)F. The van der Waals surface area contributed by atoms with Crippen LogP contribution in [-0.4, -0.2) is 45.6 Å². The van der Waals surface area contributed by atoms with Crippen molar-refractivity contribution in [2.75, 3.05) is 11.5 Å². The molecule has 1 aromatic rings. The van der Waals surface area contributed by atoms with E-state index >= 15 is 0 Å². The molecular weight excluding hydrogens is 319 g/mol. The van der Waals surface area contributed by atoms with Crippen LogP contribution in [0.2, 0.25) is 0 Å². The quantitative estimate of drug-likeness (QED) is 0.919. The van der Waals surface area contributed by atoms with Crippen LogP contribution in [0.4, 0.5) is 13.2 Å². The molecule has 22 heavy (non-hydrogen) atoms. The summed E-state index contributed by atoms with van der Waals surface area (Å²) in [6, 6.07) is 6.12. The van der Waals surface area contributed by atoms with Crippen molar-refractivity contribution in [3.8, 4) is 0 Å². The first-order valence-corrected chi connectivity index (χ1v) is 7.67. The average molecular weight is 333 g/mol. The summed E-state index contributed by atoms with van der Waals surface area (Å²) in [6.45, 7) is 0.110. The summed E-state index contributed by atoms with van der Waals surface area (Å²) in [5, 5.41) is 9.26. The number of carbonyl (C=O) groups excluding carboxylic acids is 1. The Hall–Kier alpha value is -1.70. The third-order valence-corrected chi connectivity index (χ3v) is 4.33. The molecule has 0 saturated carbocycles. The Morgan fingerprint density at radius 3 is 2.50 bits per heavy atom. The van der Waals surface area contributed by atoms with E-state index in [1.165, 1.54) is 0 Å². The number of aliphatic carboxylic acids is 1. The van der Waals surface area contributed by atoms with Crippen molar-refractivity contribution >= 4 is 23.6 Å². The van der Waals surface area contributed by atoms with Gasteiger partial charge in [-0.25, -0.2) is 4.79 Å². The number of rotatable bonds is 4. The smallest absolute Gasteiger partial charge is 0.397 e. The molecule has 1 aliphatic rings. The van der Waals surface area contributed by atoms with Gasteiger partial charge in [0.2, 0.25) is 5.91 Å². The first kappa shape index (κ1) is 16.7. The van der Waals surface area contributed by atoms with Gasteiger partial charge in [-0.3, -0.25) is 4.79 Å². The van der Waals surface area contributed by atoms with Gasteiger partial charge in [-0.15, -0.1) is 11.8 Å². The van der Waals surface area contributed by atoms with Crippen LogP contribution in [0.15, 0.2) is 24.3 Å². The third kappa shape index (κ3) is 4.16. The number of halogens is 3. The summed E-state index contributed by atoms with van der Waals surface area (Å²) in [7, 11) is 0. The molecule has 1 aromatic carbocycles. The molecule has 0 radical (unpaired) electrons. The highest BCUT2D eigenvalue weighted by molar-refractivity contribution is 8.00. The maximum Gasteiger partial charge on any atom is 0.397 e. The number of fused-ring (bicyclic) bond motifs is 1. The average Bonchev–Trinajstić information content (AvgIpc) is 2.44. The Labute approximate surface area is 129 Å². The predicted octanol–water partition coefficient (Wildman–Crippen LogP) is 2.32. The van der Waals surface area contributed by atoms with Gasteiger partial charge in [-0.05, 0) is 11.1 Å². The molecule has 1 atom stereocenters. The number of hydrogen-bond acceptors (Lipinski definition) is 3. The largest absolute Gasteiger partial charge is 0.480 e. The molecule has 2 rings (SSSR count). The van der Waals surface area contributed by atoms with E-state index in [4.69, 9.17) is 0 Å². The van der Waals surface area contributed by atoms with Crippen molar-refractivity contribution < 1.29 is 27.9 Å². The minimum Gasteiger partial charge on any atom is -0.480 e. The van der Waals surface area contributed by atoms with Crippen LogP contribution in [0, 0.1) is 0 Å². The Morgan fingerprint density at radius 2 is 1.91 bits per heavy atom. The van der Waals surface area contributed by atoms with E-state index in [-0.39, 0.29) is 18.7 Å². The lowest BCUT2D eigenvalue weighted by Crippen LogP contribution is -2.49. The van der Waals surface area contributed by atoms with Crippen molar-refractivity contribution in [1.29, 1.82) is 0 Å². The number of nitrogens with zero attached hydrogens (tertiary/aromatic N) is 1. The molecule has 0 fully saturated rings. The van der Waals surface area contributed by atoms with Gasteiger partial charge in [0, 0.05) is 13.0 Å². The number of benzene rings is 1. The van der Waals surface area contributed by atoms with E-state index < -0.39 is 29.8 Å². The number of hydrogen-bond donors (Lipinski definition) is 1. The molecule has 0 spiro atoms. The van der Waals surface area contributed by atoms with Crippen LogP contribution in [0.5, 0.6) is 0 Å². The highest BCUT2D eigenvalue weighted by atomic mass is 32.2. The second kappa shape index (κ2) is 6.60. The molecular formula is C14H14F3NO3S. The van der Waals surface area contributed by atoms with Crippen molar-refractivity contribution in [3.05, 3.63) is 35.4 Å². The second-order valence-electron chi connectivity index (χ2n) is 4.96. The van der Waals surface area contributed by atoms with Gasteiger partial charge in [0.1, 0.15) is 6.04 Å². The number of amides is 1. The molecule has 120 valence electrons. The molecule has 0 aromatic heterocycles. The van der Waals surface area contributed by atoms with Gasteiger partial charge in [0.05, 0.1) is 11.5 Å². The van der Waals surface area contributed by atoms with Crippen LogP contribution >= 0.6 is 11.8 Å². The Kier molecular flexibility index (Phi) is 5.00. The lowest BCUT2D eigenvalue weighted by Gasteiger charge is -2.34. The molecule has 1 unspecified atom stereocenters. The van der Waals surface area contributed by atoms with Gasteiger partial charge >= 0.3 is 12.1 Å². The zero-order valence-electron chi connectivity index (χ0n) is 11.5. The van der Waals surface area contributed by atoms with Crippen LogP contribution in [0.3, 0.4) is 0 Å². The molecule has 0 bridgehead atoms. The van der Waals surface area contributed by atoms with Crippen LogP contribution in [0.25, 0.3) is 0 Å². The monoisotopic (exact) mass is 333 g/mol. The van der Waals surface area contributed by atoms with Gasteiger partial charge in [0.15, 0.2) is 0 Å². The number of carboxylic acid groups (broad SMARTS) is 1. The lowest BCUT2D eigenvalue weighted by molar-refractivity contribution is -0.150. The number of carbonyl (C=O) groups is 2. The number of thioether (sulfide) groups is 1. The maximum atomic E-state index is 12.1. The minimum absolute atomic E-state index is 0.110. The summed E-state index contributed by atoms with van der Waals surface area (Å²) in [4.78, 5) is 24.6. The molecule has 0 saturated heterocycles. The fraction of sp³-hybridized carbons (Fsp3) is 0.429. The maximum absolute atomic E-state index is 12.1. The Morgan fingerprint density at radius 1 is 1.27 bits per heavy atom. The first-order valence-electron chi connectivity index (χ1n) is 6.51. The van der Waals surface area contributed by atoms with Crippen LogP contribution in [-0.2, 0) is 22.6 Å². The van der Waals surface area contributed by atoms with Gasteiger partial charge in [0.25, 0.3) is 0 Å². The van der Waals surface area contributed by atoms with Gasteiger partial charge < -0.3 is 10.0 Å². The zero-order valence-corrected chi connectivity index (χ0v) is 12.3. The molecule has 8 heteroatoms. The lowest BCUT2D eigenvalue weighted by atomic mass is 9.94. The van der Waals surface area contributed by atoms with E-state index in [1.807, 2.05) is 0 Å². The van der Waals surface area contributed by atoms with E-state index in [0.29, 0.717) is 11.8 Å². The Balaban J connectivity index is 2.07. The van der Waals surface area contributed by atoms with E-state index in [9.17, 15) is 27.9 Å². The van der Waals surface area contributed by atoms with E-state index in [1.54, 1.807) is 24.3 Å². The van der Waals surface area contributed by atoms with Crippen LogP contribution < -0.4 is 0 Å². The second-order valence-corrected chi connectivity index (χ2v) is 5.94. The van der Waals surface area contributed by atoms with Crippen molar-refractivity contribution in [2.45, 2.75) is 25.2 Å². The molecule has 1 aliphatic heterocycles. The third-order valence-electron chi connectivity index (χ3n) is 3.35. The van der Waals surface area contributed by atoms with E-state index in [2.05, 4.69) is 0 Å². The number of alkyl halides is 3. The van der Waals surface area contributed by atoms with Gasteiger partial charge in [-0.2, -0.15) is 13.2 Å². The highest BCUT2D eigenvalue weighted by Gasteiger charge is 2.35. The summed E-state index contributed by atoms with van der Waals surface area (Å²) in [6.07, 6.45) is -4.17. The fourth-order valence-corrected chi connectivity index (χ4v) is 3.02. The summed E-state index contributed by atoms with van der Waals surface area (Å²) in [5.41, 5.74) is 1.68. The summed E-state index contributed by atoms with van der Waals surface area (Å²) >= 11 is 0.448. The van der Waals surface area contributed by atoms with Crippen molar-refractivity contribution in [2.24, 2.45) is 0 Å². The summed E-state index contributed by atoms with van der Waals surface area (Å²) < 4.78 is 36.3. The normalized spacial score (nSPS) is 18.0. The standard InChI is InChI=1S/C14H14F3NO3S/c15-14(16,17)8-22-7-12(19)18-6-10-4-2-1-3-9(10)5-11(18)13(20)21/h1-4,11H,5-8H2,(H,20,21). The zero-order chi connectivity index (χ0) is 16.3. The number of carboxylic acids is 1. The minimum atomic E-state index is -4.34. The summed E-state index contributed by atoms with van der Waals surface area (Å²) in [5.74, 6) is -3.24. The predicted molar refractivity (Wildman–Crippen MR) is 75.5 cm³/mol. The molecule has 4 nitrogen and oxygen atoms in total. The fourth-order valence-electron chi connectivity index (χ4n) is 2.34. The molecule has 1 N–H and O–H groups in total. The van der Waals surface area contributed by atoms with E-state index in [0.717, 1.165) is 16.0 Å². The first-order chi connectivity index (χ1) is 10.3. The Bertz CT molecular complexity index is 577.